The van der Waals surface area contributed by atoms with Gasteiger partial charge in [0.2, 0.25) is 0 Å². The van der Waals surface area contributed by atoms with Crippen LogP contribution in [-0.4, -0.2) is 19.8 Å². The summed E-state index contributed by atoms with van der Waals surface area (Å²) >= 11 is 0. The highest BCUT2D eigenvalue weighted by molar-refractivity contribution is 5.68. The molecule has 0 unspecified atom stereocenters. The van der Waals surface area contributed by atoms with Crippen LogP contribution in [0.1, 0.15) is 26.3 Å². The van der Waals surface area contributed by atoms with Crippen LogP contribution in [0.4, 0.5) is 4.79 Å². The van der Waals surface area contributed by atoms with Crippen LogP contribution in [0.3, 0.4) is 0 Å². The van der Waals surface area contributed by atoms with E-state index < -0.39 is 11.6 Å². The van der Waals surface area contributed by atoms with E-state index in [4.69, 9.17) is 9.47 Å². The van der Waals surface area contributed by atoms with E-state index in [-0.39, 0.29) is 0 Å². The monoisotopic (exact) mass is 237 g/mol. The molecule has 0 heterocycles. The molecule has 0 atom stereocenters. The van der Waals surface area contributed by atoms with Gasteiger partial charge in [0.15, 0.2) is 0 Å². The van der Waals surface area contributed by atoms with Gasteiger partial charge >= 0.3 is 6.09 Å². The molecule has 4 heteroatoms. The largest absolute Gasteiger partial charge is 0.497 e. The molecule has 17 heavy (non-hydrogen) atoms. The lowest BCUT2D eigenvalue weighted by atomic mass is 9.94. The molecule has 1 aromatic rings. The van der Waals surface area contributed by atoms with Crippen molar-refractivity contribution in [3.05, 3.63) is 29.8 Å². The number of amides is 1. The zero-order valence-electron chi connectivity index (χ0n) is 10.7. The van der Waals surface area contributed by atoms with Crippen LogP contribution in [0, 0.1) is 0 Å². The topological polar surface area (TPSA) is 47.6 Å². The van der Waals surface area contributed by atoms with Crippen molar-refractivity contribution >= 4 is 6.09 Å². The molecule has 0 radical (unpaired) electrons. The average molecular weight is 237 g/mol. The SMILES string of the molecule is CCOC(=O)NC(C)(C)c1ccc(OC)cc1. The Labute approximate surface area is 102 Å². The predicted molar refractivity (Wildman–Crippen MR) is 66.2 cm³/mol. The zero-order valence-corrected chi connectivity index (χ0v) is 10.7. The van der Waals surface area contributed by atoms with Crippen LogP contribution in [0.15, 0.2) is 24.3 Å². The Hall–Kier alpha value is -1.71. The second-order valence-electron chi connectivity index (χ2n) is 4.20. The summed E-state index contributed by atoms with van der Waals surface area (Å²) in [5.74, 6) is 0.792. The first-order valence-electron chi connectivity index (χ1n) is 5.59. The van der Waals surface area contributed by atoms with Crippen molar-refractivity contribution in [3.8, 4) is 5.75 Å². The molecule has 1 aromatic carbocycles. The Morgan fingerprint density at radius 1 is 1.29 bits per heavy atom. The Balaban J connectivity index is 2.77. The van der Waals surface area contributed by atoms with Gasteiger partial charge in [0.05, 0.1) is 19.3 Å². The van der Waals surface area contributed by atoms with E-state index in [0.29, 0.717) is 6.61 Å². The lowest BCUT2D eigenvalue weighted by Crippen LogP contribution is -2.41. The number of benzene rings is 1. The Bertz CT molecular complexity index is 371. The predicted octanol–water partition coefficient (Wildman–Crippen LogP) is 2.68. The van der Waals surface area contributed by atoms with E-state index in [2.05, 4.69) is 5.32 Å². The van der Waals surface area contributed by atoms with Crippen LogP contribution in [-0.2, 0) is 10.3 Å². The first kappa shape index (κ1) is 13.4. The molecule has 0 fully saturated rings. The molecule has 1 amide bonds. The molecule has 0 aliphatic rings. The van der Waals surface area contributed by atoms with Crippen molar-refractivity contribution < 1.29 is 14.3 Å². The minimum absolute atomic E-state index is 0.366. The number of rotatable bonds is 4. The molecule has 1 rings (SSSR count). The van der Waals surface area contributed by atoms with Crippen molar-refractivity contribution in [2.24, 2.45) is 0 Å². The van der Waals surface area contributed by atoms with Crippen LogP contribution in [0.2, 0.25) is 0 Å². The molecule has 0 aliphatic heterocycles. The molecular formula is C13H19NO3. The van der Waals surface area contributed by atoms with E-state index in [1.807, 2.05) is 38.1 Å². The standard InChI is InChI=1S/C13H19NO3/c1-5-17-12(15)14-13(2,3)10-6-8-11(16-4)9-7-10/h6-9H,5H2,1-4H3,(H,14,15). The van der Waals surface area contributed by atoms with Crippen molar-refractivity contribution in [1.82, 2.24) is 5.32 Å². The van der Waals surface area contributed by atoms with Crippen molar-refractivity contribution in [1.29, 1.82) is 0 Å². The molecule has 0 aromatic heterocycles. The number of nitrogens with one attached hydrogen (secondary N) is 1. The number of ether oxygens (including phenoxy) is 2. The molecule has 94 valence electrons. The number of methoxy groups -OCH3 is 1. The molecule has 0 saturated carbocycles. The van der Waals surface area contributed by atoms with Crippen LogP contribution >= 0.6 is 0 Å². The van der Waals surface area contributed by atoms with Gasteiger partial charge in [0, 0.05) is 0 Å². The summed E-state index contributed by atoms with van der Waals surface area (Å²) in [6, 6.07) is 7.57. The summed E-state index contributed by atoms with van der Waals surface area (Å²) < 4.78 is 9.96. The van der Waals surface area contributed by atoms with Gasteiger partial charge in [-0.15, -0.1) is 0 Å². The number of hydrogen-bond acceptors (Lipinski definition) is 3. The maximum Gasteiger partial charge on any atom is 0.407 e. The van der Waals surface area contributed by atoms with Crippen molar-refractivity contribution in [2.45, 2.75) is 26.3 Å². The molecule has 0 spiro atoms. The summed E-state index contributed by atoms with van der Waals surface area (Å²) in [4.78, 5) is 11.4. The molecule has 0 bridgehead atoms. The van der Waals surface area contributed by atoms with Crippen molar-refractivity contribution in [2.75, 3.05) is 13.7 Å². The summed E-state index contributed by atoms with van der Waals surface area (Å²) in [6.45, 7) is 5.99. The second kappa shape index (κ2) is 5.57. The fourth-order valence-corrected chi connectivity index (χ4v) is 1.50. The van der Waals surface area contributed by atoms with Gasteiger partial charge in [0.1, 0.15) is 5.75 Å². The van der Waals surface area contributed by atoms with Gasteiger partial charge in [0.25, 0.3) is 0 Å². The average Bonchev–Trinajstić information content (AvgIpc) is 2.28. The zero-order chi connectivity index (χ0) is 12.9. The Kier molecular flexibility index (Phi) is 4.37. The second-order valence-corrected chi connectivity index (χ2v) is 4.20. The van der Waals surface area contributed by atoms with E-state index >= 15 is 0 Å². The van der Waals surface area contributed by atoms with Crippen LogP contribution in [0.25, 0.3) is 0 Å². The summed E-state index contributed by atoms with van der Waals surface area (Å²) in [7, 11) is 1.62. The van der Waals surface area contributed by atoms with E-state index in [0.717, 1.165) is 11.3 Å². The maximum atomic E-state index is 11.4. The first-order chi connectivity index (χ1) is 7.99. The smallest absolute Gasteiger partial charge is 0.407 e. The van der Waals surface area contributed by atoms with Gasteiger partial charge in [-0.25, -0.2) is 4.79 Å². The third kappa shape index (κ3) is 3.66. The highest BCUT2D eigenvalue weighted by Crippen LogP contribution is 2.22. The highest BCUT2D eigenvalue weighted by atomic mass is 16.5. The fraction of sp³-hybridized carbons (Fsp3) is 0.462. The third-order valence-corrected chi connectivity index (χ3v) is 2.50. The molecule has 1 N–H and O–H groups in total. The fourth-order valence-electron chi connectivity index (χ4n) is 1.50. The van der Waals surface area contributed by atoms with E-state index in [1.165, 1.54) is 0 Å². The normalized spacial score (nSPS) is 10.8. The number of hydrogen-bond donors (Lipinski definition) is 1. The van der Waals surface area contributed by atoms with Gasteiger partial charge in [-0.3, -0.25) is 0 Å². The number of carbonyl (C=O) groups is 1. The van der Waals surface area contributed by atoms with Gasteiger partial charge in [-0.1, -0.05) is 12.1 Å². The van der Waals surface area contributed by atoms with Crippen molar-refractivity contribution in [3.63, 3.8) is 0 Å². The molecule has 0 aliphatic carbocycles. The lowest BCUT2D eigenvalue weighted by molar-refractivity contribution is 0.141. The van der Waals surface area contributed by atoms with Crippen LogP contribution in [0.5, 0.6) is 5.75 Å². The highest BCUT2D eigenvalue weighted by Gasteiger charge is 2.23. The molecule has 0 saturated heterocycles. The number of alkyl carbamates (subject to hydrolysis) is 1. The summed E-state index contributed by atoms with van der Waals surface area (Å²) in [5.41, 5.74) is 0.518. The van der Waals surface area contributed by atoms with Gasteiger partial charge in [-0.2, -0.15) is 0 Å². The number of carbonyl (C=O) groups excluding carboxylic acids is 1. The quantitative estimate of drug-likeness (QED) is 0.875. The Morgan fingerprint density at radius 3 is 2.35 bits per heavy atom. The van der Waals surface area contributed by atoms with E-state index in [1.54, 1.807) is 14.0 Å². The first-order valence-corrected chi connectivity index (χ1v) is 5.59. The minimum Gasteiger partial charge on any atom is -0.497 e. The van der Waals surface area contributed by atoms with E-state index in [9.17, 15) is 4.79 Å². The minimum atomic E-state index is -0.474. The maximum absolute atomic E-state index is 11.4. The molecule has 4 nitrogen and oxygen atoms in total. The molecular weight excluding hydrogens is 218 g/mol. The van der Waals surface area contributed by atoms with Gasteiger partial charge < -0.3 is 14.8 Å². The summed E-state index contributed by atoms with van der Waals surface area (Å²) in [5, 5.41) is 2.81. The lowest BCUT2D eigenvalue weighted by Gasteiger charge is -2.26. The van der Waals surface area contributed by atoms with Crippen LogP contribution < -0.4 is 10.1 Å². The third-order valence-electron chi connectivity index (χ3n) is 2.50. The Morgan fingerprint density at radius 2 is 1.88 bits per heavy atom. The summed E-state index contributed by atoms with van der Waals surface area (Å²) in [6.07, 6.45) is -0.409. The van der Waals surface area contributed by atoms with Gasteiger partial charge in [-0.05, 0) is 38.5 Å².